The maximum Gasteiger partial charge on any atom is 0.203 e. The Balaban J connectivity index is 2.34. The summed E-state index contributed by atoms with van der Waals surface area (Å²) in [6.07, 6.45) is 0.0740. The van der Waals surface area contributed by atoms with Gasteiger partial charge in [-0.3, -0.25) is 4.79 Å². The normalized spacial score (nSPS) is 11.0. The molecule has 0 aliphatic rings. The lowest BCUT2D eigenvalue weighted by Gasteiger charge is -2.17. The zero-order valence-corrected chi connectivity index (χ0v) is 13.6. The van der Waals surface area contributed by atoms with Gasteiger partial charge in [0.15, 0.2) is 11.5 Å². The second-order valence-electron chi connectivity index (χ2n) is 5.30. The summed E-state index contributed by atoms with van der Waals surface area (Å²) in [5, 5.41) is 1.90. The van der Waals surface area contributed by atoms with E-state index in [1.807, 2.05) is 45.2 Å². The Kier molecular flexibility index (Phi) is 5.02. The molecule has 1 heterocycles. The highest BCUT2D eigenvalue weighted by Crippen LogP contribution is 2.31. The molecule has 0 saturated heterocycles. The molecular weight excluding hydrogens is 284 g/mol. The molecule has 1 aromatic carbocycles. The quantitative estimate of drug-likeness (QED) is 0.734. The maximum absolute atomic E-state index is 12.4. The number of carbonyl (C=O) groups excluding carboxylic acids is 1. The van der Waals surface area contributed by atoms with Gasteiger partial charge in [-0.2, -0.15) is 0 Å². The second-order valence-corrected chi connectivity index (χ2v) is 6.25. The summed E-state index contributed by atoms with van der Waals surface area (Å²) in [6.45, 7) is 7.83. The van der Waals surface area contributed by atoms with Crippen LogP contribution in [0.2, 0.25) is 0 Å². The number of ether oxygens (including phenoxy) is 2. The summed E-state index contributed by atoms with van der Waals surface area (Å²) >= 11 is 1.44. The maximum atomic E-state index is 12.4. The SMILES string of the molecule is CC(C)Oc1ccc(C(=O)c2cccs2)cc1OC(C)C. The Labute approximate surface area is 129 Å². The molecule has 21 heavy (non-hydrogen) atoms. The van der Waals surface area contributed by atoms with Crippen LogP contribution in [0.1, 0.15) is 42.9 Å². The van der Waals surface area contributed by atoms with Crippen LogP contribution in [0.4, 0.5) is 0 Å². The molecule has 0 amide bonds. The summed E-state index contributed by atoms with van der Waals surface area (Å²) < 4.78 is 11.5. The van der Waals surface area contributed by atoms with Crippen LogP contribution in [0.5, 0.6) is 11.5 Å². The molecule has 0 fully saturated rings. The minimum atomic E-state index is 0.00898. The van der Waals surface area contributed by atoms with E-state index in [9.17, 15) is 4.79 Å². The molecule has 3 nitrogen and oxygen atoms in total. The fraction of sp³-hybridized carbons (Fsp3) is 0.353. The molecule has 0 radical (unpaired) electrons. The van der Waals surface area contributed by atoms with Crippen molar-refractivity contribution in [2.24, 2.45) is 0 Å². The lowest BCUT2D eigenvalue weighted by atomic mass is 10.1. The van der Waals surface area contributed by atoms with Gasteiger partial charge in [0.2, 0.25) is 5.78 Å². The molecule has 0 saturated carbocycles. The van der Waals surface area contributed by atoms with Gasteiger partial charge in [0, 0.05) is 5.56 Å². The van der Waals surface area contributed by atoms with Crippen LogP contribution in [-0.4, -0.2) is 18.0 Å². The van der Waals surface area contributed by atoms with Crippen LogP contribution in [0.25, 0.3) is 0 Å². The van der Waals surface area contributed by atoms with Crippen molar-refractivity contribution in [3.8, 4) is 11.5 Å². The molecule has 0 aliphatic carbocycles. The van der Waals surface area contributed by atoms with E-state index in [2.05, 4.69) is 0 Å². The first-order valence-electron chi connectivity index (χ1n) is 7.03. The molecule has 0 aliphatic heterocycles. The molecule has 4 heteroatoms. The van der Waals surface area contributed by atoms with Gasteiger partial charge in [-0.25, -0.2) is 0 Å². The van der Waals surface area contributed by atoms with Crippen molar-refractivity contribution in [3.05, 3.63) is 46.2 Å². The van der Waals surface area contributed by atoms with Gasteiger partial charge in [0.1, 0.15) is 0 Å². The van der Waals surface area contributed by atoms with Crippen LogP contribution in [-0.2, 0) is 0 Å². The molecule has 112 valence electrons. The number of benzene rings is 1. The number of hydrogen-bond acceptors (Lipinski definition) is 4. The molecule has 0 spiro atoms. The Bertz CT molecular complexity index is 601. The van der Waals surface area contributed by atoms with Crippen LogP contribution in [0, 0.1) is 0 Å². The first-order valence-corrected chi connectivity index (χ1v) is 7.91. The summed E-state index contributed by atoms with van der Waals surface area (Å²) in [6, 6.07) is 9.06. The van der Waals surface area contributed by atoms with Crippen molar-refractivity contribution in [1.29, 1.82) is 0 Å². The Hall–Kier alpha value is -1.81. The van der Waals surface area contributed by atoms with E-state index in [4.69, 9.17) is 9.47 Å². The number of thiophene rings is 1. The third-order valence-corrected chi connectivity index (χ3v) is 3.54. The van der Waals surface area contributed by atoms with Crippen molar-refractivity contribution < 1.29 is 14.3 Å². The zero-order valence-electron chi connectivity index (χ0n) is 12.8. The van der Waals surface area contributed by atoms with Crippen LogP contribution < -0.4 is 9.47 Å². The highest BCUT2D eigenvalue weighted by molar-refractivity contribution is 7.12. The summed E-state index contributed by atoms with van der Waals surface area (Å²) in [4.78, 5) is 13.1. The van der Waals surface area contributed by atoms with Crippen molar-refractivity contribution in [3.63, 3.8) is 0 Å². The smallest absolute Gasteiger partial charge is 0.203 e. The van der Waals surface area contributed by atoms with Gasteiger partial charge in [-0.05, 0) is 57.3 Å². The summed E-state index contributed by atoms with van der Waals surface area (Å²) in [5.74, 6) is 1.29. The first kappa shape index (κ1) is 15.6. The van der Waals surface area contributed by atoms with E-state index in [0.717, 1.165) is 4.88 Å². The highest BCUT2D eigenvalue weighted by Gasteiger charge is 2.15. The molecular formula is C17H20O3S. The Morgan fingerprint density at radius 3 is 2.24 bits per heavy atom. The lowest BCUT2D eigenvalue weighted by Crippen LogP contribution is -2.11. The molecule has 2 rings (SSSR count). The summed E-state index contributed by atoms with van der Waals surface area (Å²) in [7, 11) is 0. The zero-order chi connectivity index (χ0) is 15.4. The molecule has 1 aromatic heterocycles. The molecule has 0 atom stereocenters. The summed E-state index contributed by atoms with van der Waals surface area (Å²) in [5.41, 5.74) is 0.615. The monoisotopic (exact) mass is 304 g/mol. The van der Waals surface area contributed by atoms with Crippen LogP contribution >= 0.6 is 11.3 Å². The van der Waals surface area contributed by atoms with Crippen molar-refractivity contribution in [2.75, 3.05) is 0 Å². The third kappa shape index (κ3) is 4.08. The van der Waals surface area contributed by atoms with Gasteiger partial charge < -0.3 is 9.47 Å². The van der Waals surface area contributed by atoms with Gasteiger partial charge in [-0.15, -0.1) is 11.3 Å². The third-order valence-electron chi connectivity index (χ3n) is 2.68. The van der Waals surface area contributed by atoms with Gasteiger partial charge in [-0.1, -0.05) is 6.07 Å². The molecule has 0 bridgehead atoms. The highest BCUT2D eigenvalue weighted by atomic mass is 32.1. The average Bonchev–Trinajstić information content (AvgIpc) is 2.92. The van der Waals surface area contributed by atoms with Gasteiger partial charge in [0.25, 0.3) is 0 Å². The lowest BCUT2D eigenvalue weighted by molar-refractivity contribution is 0.104. The van der Waals surface area contributed by atoms with Crippen molar-refractivity contribution in [1.82, 2.24) is 0 Å². The van der Waals surface area contributed by atoms with Gasteiger partial charge >= 0.3 is 0 Å². The largest absolute Gasteiger partial charge is 0.487 e. The van der Waals surface area contributed by atoms with E-state index >= 15 is 0 Å². The standard InChI is InChI=1S/C17H20O3S/c1-11(2)19-14-8-7-13(10-15(14)20-12(3)4)17(18)16-6-5-9-21-16/h5-12H,1-4H3. The molecule has 2 aromatic rings. The predicted octanol–water partition coefficient (Wildman–Crippen LogP) is 4.55. The van der Waals surface area contributed by atoms with E-state index in [1.54, 1.807) is 18.2 Å². The number of ketones is 1. The van der Waals surface area contributed by atoms with E-state index in [1.165, 1.54) is 11.3 Å². The van der Waals surface area contributed by atoms with Gasteiger partial charge in [0.05, 0.1) is 17.1 Å². The van der Waals surface area contributed by atoms with E-state index in [-0.39, 0.29) is 18.0 Å². The topological polar surface area (TPSA) is 35.5 Å². The minimum Gasteiger partial charge on any atom is -0.487 e. The van der Waals surface area contributed by atoms with E-state index < -0.39 is 0 Å². The predicted molar refractivity (Wildman–Crippen MR) is 85.7 cm³/mol. The Morgan fingerprint density at radius 2 is 1.67 bits per heavy atom. The van der Waals surface area contributed by atoms with Crippen LogP contribution in [0.15, 0.2) is 35.7 Å². The molecule has 0 unspecified atom stereocenters. The molecule has 0 N–H and O–H groups in total. The van der Waals surface area contributed by atoms with Crippen molar-refractivity contribution >= 4 is 17.1 Å². The number of hydrogen-bond donors (Lipinski definition) is 0. The number of carbonyl (C=O) groups is 1. The minimum absolute atomic E-state index is 0.00898. The number of rotatable bonds is 6. The first-order chi connectivity index (χ1) is 9.97. The van der Waals surface area contributed by atoms with Crippen LogP contribution in [0.3, 0.4) is 0 Å². The van der Waals surface area contributed by atoms with Crippen molar-refractivity contribution in [2.45, 2.75) is 39.9 Å². The fourth-order valence-electron chi connectivity index (χ4n) is 1.90. The average molecular weight is 304 g/mol. The second kappa shape index (κ2) is 6.76. The Morgan fingerprint density at radius 1 is 1.00 bits per heavy atom. The fourth-order valence-corrected chi connectivity index (χ4v) is 2.58. The van der Waals surface area contributed by atoms with E-state index in [0.29, 0.717) is 17.1 Å².